The monoisotopic (exact) mass is 337 g/mol. The van der Waals surface area contributed by atoms with Crippen molar-refractivity contribution in [2.24, 2.45) is 21.9 Å². The van der Waals surface area contributed by atoms with E-state index in [9.17, 15) is 0 Å². The van der Waals surface area contributed by atoms with Gasteiger partial charge in [-0.15, -0.1) is 5.10 Å². The normalized spacial score (nSPS) is 21.8. The van der Waals surface area contributed by atoms with E-state index in [2.05, 4.69) is 33.1 Å². The van der Waals surface area contributed by atoms with Gasteiger partial charge in [-0.2, -0.15) is 5.10 Å². The van der Waals surface area contributed by atoms with Gasteiger partial charge in [0.15, 0.2) is 11.5 Å². The van der Waals surface area contributed by atoms with Crippen molar-refractivity contribution in [3.05, 3.63) is 22.2 Å². The van der Waals surface area contributed by atoms with Crippen LogP contribution in [-0.4, -0.2) is 24.8 Å². The van der Waals surface area contributed by atoms with Gasteiger partial charge in [0.1, 0.15) is 5.84 Å². The molecule has 0 aliphatic carbocycles. The number of benzene rings is 1. The first-order valence-corrected chi connectivity index (χ1v) is 7.44. The topological polar surface area (TPSA) is 69.2 Å². The maximum Gasteiger partial charge on any atom is 0.175 e. The maximum atomic E-state index is 5.75. The van der Waals surface area contributed by atoms with Crippen molar-refractivity contribution in [1.82, 2.24) is 0 Å². The van der Waals surface area contributed by atoms with Crippen LogP contribution in [0.3, 0.4) is 0 Å². The lowest BCUT2D eigenvalue weighted by atomic mass is 9.94. The summed E-state index contributed by atoms with van der Waals surface area (Å²) in [5, 5.41) is 8.23. The van der Waals surface area contributed by atoms with Crippen LogP contribution in [0.25, 0.3) is 0 Å². The van der Waals surface area contributed by atoms with Crippen molar-refractivity contribution in [3.8, 4) is 11.5 Å². The third kappa shape index (κ3) is 2.52. The van der Waals surface area contributed by atoms with E-state index < -0.39 is 0 Å². The minimum atomic E-state index is 0.240. The lowest BCUT2D eigenvalue weighted by molar-refractivity contribution is 0.296. The molecule has 0 fully saturated rings. The van der Waals surface area contributed by atoms with Crippen molar-refractivity contribution in [2.75, 3.05) is 13.2 Å². The van der Waals surface area contributed by atoms with Crippen LogP contribution in [0.4, 0.5) is 0 Å². The van der Waals surface area contributed by atoms with Gasteiger partial charge in [0.2, 0.25) is 0 Å². The smallest absolute Gasteiger partial charge is 0.175 e. The first kappa shape index (κ1) is 13.4. The van der Waals surface area contributed by atoms with Crippen LogP contribution in [0.1, 0.15) is 25.3 Å². The zero-order valence-corrected chi connectivity index (χ0v) is 12.8. The van der Waals surface area contributed by atoms with Gasteiger partial charge in [-0.3, -0.25) is 0 Å². The summed E-state index contributed by atoms with van der Waals surface area (Å²) in [6, 6.07) is 3.97. The van der Waals surface area contributed by atoms with Crippen LogP contribution in [0, 0.1) is 5.92 Å². The first-order chi connectivity index (χ1) is 9.65. The average molecular weight is 338 g/mol. The molecule has 1 aromatic rings. The molecule has 0 radical (unpaired) electrons. The molecule has 5 nitrogen and oxygen atoms in total. The van der Waals surface area contributed by atoms with E-state index in [1.807, 2.05) is 12.1 Å². The van der Waals surface area contributed by atoms with E-state index in [1.165, 1.54) is 0 Å². The van der Waals surface area contributed by atoms with E-state index in [4.69, 9.17) is 15.2 Å². The SMILES string of the molecule is CC1CC(N)=NN=C1c1cc(Br)c2c(c1)OCCCO2. The van der Waals surface area contributed by atoms with E-state index in [-0.39, 0.29) is 5.92 Å². The maximum absolute atomic E-state index is 5.75. The number of amidine groups is 1. The van der Waals surface area contributed by atoms with Gasteiger partial charge < -0.3 is 15.2 Å². The zero-order valence-electron chi connectivity index (χ0n) is 11.2. The van der Waals surface area contributed by atoms with Crippen molar-refractivity contribution in [3.63, 3.8) is 0 Å². The van der Waals surface area contributed by atoms with E-state index in [0.29, 0.717) is 19.0 Å². The van der Waals surface area contributed by atoms with Gasteiger partial charge in [-0.05, 0) is 28.1 Å². The molecule has 3 rings (SSSR count). The number of fused-ring (bicyclic) bond motifs is 1. The largest absolute Gasteiger partial charge is 0.489 e. The highest BCUT2D eigenvalue weighted by Crippen LogP contribution is 2.39. The fraction of sp³-hybridized carbons (Fsp3) is 0.429. The quantitative estimate of drug-likeness (QED) is 0.856. The molecule has 0 amide bonds. The Bertz CT molecular complexity index is 598. The van der Waals surface area contributed by atoms with Gasteiger partial charge in [0, 0.05) is 24.3 Å². The second kappa shape index (κ2) is 5.44. The van der Waals surface area contributed by atoms with Crippen molar-refractivity contribution < 1.29 is 9.47 Å². The summed E-state index contributed by atoms with van der Waals surface area (Å²) < 4.78 is 12.3. The summed E-state index contributed by atoms with van der Waals surface area (Å²) in [5.74, 6) is 2.33. The molecule has 0 spiro atoms. The van der Waals surface area contributed by atoms with E-state index in [0.717, 1.165) is 40.1 Å². The highest BCUT2D eigenvalue weighted by Gasteiger charge is 2.22. The molecule has 106 valence electrons. The van der Waals surface area contributed by atoms with Gasteiger partial charge >= 0.3 is 0 Å². The number of ether oxygens (including phenoxy) is 2. The number of hydrogen-bond acceptors (Lipinski definition) is 5. The lowest BCUT2D eigenvalue weighted by Gasteiger charge is -2.19. The molecule has 1 aromatic carbocycles. The second-order valence-corrected chi connectivity index (χ2v) is 5.87. The number of halogens is 1. The van der Waals surface area contributed by atoms with E-state index in [1.54, 1.807) is 0 Å². The molecule has 2 heterocycles. The van der Waals surface area contributed by atoms with Crippen molar-refractivity contribution in [1.29, 1.82) is 0 Å². The summed E-state index contributed by atoms with van der Waals surface area (Å²) in [7, 11) is 0. The van der Waals surface area contributed by atoms with Gasteiger partial charge in [0.05, 0.1) is 23.4 Å². The Kier molecular flexibility index (Phi) is 3.65. The lowest BCUT2D eigenvalue weighted by Crippen LogP contribution is -2.25. The second-order valence-electron chi connectivity index (χ2n) is 5.02. The molecule has 1 atom stereocenters. The molecule has 2 aliphatic rings. The molecular formula is C14H16BrN3O2. The summed E-state index contributed by atoms with van der Waals surface area (Å²) in [4.78, 5) is 0. The summed E-state index contributed by atoms with van der Waals surface area (Å²) in [6.07, 6.45) is 1.61. The summed E-state index contributed by atoms with van der Waals surface area (Å²) >= 11 is 3.55. The fourth-order valence-corrected chi connectivity index (χ4v) is 2.95. The molecule has 20 heavy (non-hydrogen) atoms. The predicted octanol–water partition coefficient (Wildman–Crippen LogP) is 2.71. The van der Waals surface area contributed by atoms with Gasteiger partial charge in [0.25, 0.3) is 0 Å². The third-order valence-electron chi connectivity index (χ3n) is 3.37. The Hall–Kier alpha value is -1.56. The molecule has 2 aliphatic heterocycles. The number of nitrogens with two attached hydrogens (primary N) is 1. The van der Waals surface area contributed by atoms with Gasteiger partial charge in [-0.1, -0.05) is 6.92 Å². The van der Waals surface area contributed by atoms with Crippen LogP contribution in [0.15, 0.2) is 26.8 Å². The predicted molar refractivity (Wildman–Crippen MR) is 81.7 cm³/mol. The molecular weight excluding hydrogens is 322 g/mol. The number of nitrogens with zero attached hydrogens (tertiary/aromatic N) is 2. The molecule has 0 bridgehead atoms. The molecule has 6 heteroatoms. The molecule has 0 saturated carbocycles. The standard InChI is InChI=1S/C14H16BrN3O2/c1-8-5-12(16)17-18-13(8)9-6-10(15)14-11(7-9)19-3-2-4-20-14/h6-8H,2-5H2,1H3,(H2,16,17). The third-order valence-corrected chi connectivity index (χ3v) is 3.96. The number of rotatable bonds is 1. The summed E-state index contributed by atoms with van der Waals surface area (Å²) in [5.41, 5.74) is 7.63. The minimum Gasteiger partial charge on any atom is -0.489 e. The average Bonchev–Trinajstić information content (AvgIpc) is 2.64. The zero-order chi connectivity index (χ0) is 14.1. The minimum absolute atomic E-state index is 0.240. The Balaban J connectivity index is 2.03. The molecule has 1 unspecified atom stereocenters. The van der Waals surface area contributed by atoms with Crippen LogP contribution in [-0.2, 0) is 0 Å². The number of hydrogen-bond donors (Lipinski definition) is 1. The Morgan fingerprint density at radius 3 is 2.85 bits per heavy atom. The Labute approximate surface area is 126 Å². The molecule has 0 saturated heterocycles. The Morgan fingerprint density at radius 2 is 2.05 bits per heavy atom. The van der Waals surface area contributed by atoms with Crippen molar-refractivity contribution >= 4 is 27.5 Å². The Morgan fingerprint density at radius 1 is 1.25 bits per heavy atom. The highest BCUT2D eigenvalue weighted by molar-refractivity contribution is 9.10. The highest BCUT2D eigenvalue weighted by atomic mass is 79.9. The molecule has 0 aromatic heterocycles. The van der Waals surface area contributed by atoms with Crippen LogP contribution in [0.5, 0.6) is 11.5 Å². The van der Waals surface area contributed by atoms with Crippen LogP contribution >= 0.6 is 15.9 Å². The van der Waals surface area contributed by atoms with Crippen LogP contribution in [0.2, 0.25) is 0 Å². The van der Waals surface area contributed by atoms with E-state index >= 15 is 0 Å². The van der Waals surface area contributed by atoms with Crippen LogP contribution < -0.4 is 15.2 Å². The van der Waals surface area contributed by atoms with Crippen molar-refractivity contribution in [2.45, 2.75) is 19.8 Å². The fourth-order valence-electron chi connectivity index (χ4n) is 2.39. The van der Waals surface area contributed by atoms with Gasteiger partial charge in [-0.25, -0.2) is 0 Å². The molecule has 2 N–H and O–H groups in total. The first-order valence-electron chi connectivity index (χ1n) is 6.64. The summed E-state index contributed by atoms with van der Waals surface area (Å²) in [6.45, 7) is 3.43.